The summed E-state index contributed by atoms with van der Waals surface area (Å²) in [7, 11) is 0. The molecule has 0 saturated carbocycles. The third-order valence-electron chi connectivity index (χ3n) is 6.50. The molecule has 0 unspecified atom stereocenters. The molecule has 2 aliphatic rings. The van der Waals surface area contributed by atoms with Crippen molar-refractivity contribution in [3.63, 3.8) is 0 Å². The zero-order valence-electron chi connectivity index (χ0n) is 16.3. The molecule has 0 spiro atoms. The first-order chi connectivity index (χ1) is 13.5. The van der Waals surface area contributed by atoms with Crippen LogP contribution in [0.2, 0.25) is 0 Å². The van der Waals surface area contributed by atoms with Crippen LogP contribution in [0, 0.1) is 11.6 Å². The maximum Gasteiger partial charge on any atom is 0.223 e. The smallest absolute Gasteiger partial charge is 0.223 e. The first kappa shape index (κ1) is 19.0. The number of halogens is 2. The summed E-state index contributed by atoms with van der Waals surface area (Å²) in [6.07, 6.45) is 4.87. The fourth-order valence-electron chi connectivity index (χ4n) is 4.95. The molecule has 148 valence electrons. The number of aromatic nitrogens is 2. The molecule has 2 heterocycles. The van der Waals surface area contributed by atoms with Gasteiger partial charge in [-0.15, -0.1) is 5.10 Å². The van der Waals surface area contributed by atoms with Crippen molar-refractivity contribution in [3.8, 4) is 11.3 Å². The molecule has 1 aliphatic heterocycles. The van der Waals surface area contributed by atoms with Crippen LogP contribution in [0.5, 0.6) is 0 Å². The van der Waals surface area contributed by atoms with E-state index in [9.17, 15) is 13.6 Å². The van der Waals surface area contributed by atoms with Crippen LogP contribution in [0.3, 0.4) is 0 Å². The second-order valence-electron chi connectivity index (χ2n) is 7.81. The number of amides is 1. The number of hydrogen-bond donors (Lipinski definition) is 0. The minimum atomic E-state index is -0.644. The Kier molecular flexibility index (Phi) is 4.89. The van der Waals surface area contributed by atoms with Gasteiger partial charge in [-0.3, -0.25) is 4.79 Å². The van der Waals surface area contributed by atoms with E-state index in [1.54, 1.807) is 6.07 Å². The van der Waals surface area contributed by atoms with Gasteiger partial charge in [0.15, 0.2) is 0 Å². The van der Waals surface area contributed by atoms with Gasteiger partial charge in [0, 0.05) is 13.0 Å². The molecule has 2 aromatic rings. The lowest BCUT2D eigenvalue weighted by Crippen LogP contribution is -2.49. The average Bonchev–Trinajstić information content (AvgIpc) is 3.13. The Morgan fingerprint density at radius 1 is 1.21 bits per heavy atom. The van der Waals surface area contributed by atoms with E-state index < -0.39 is 17.2 Å². The van der Waals surface area contributed by atoms with Crippen molar-refractivity contribution in [2.75, 3.05) is 6.54 Å². The van der Waals surface area contributed by atoms with E-state index in [1.807, 2.05) is 4.90 Å². The molecule has 0 bridgehead atoms. The molecule has 1 saturated heterocycles. The minimum absolute atomic E-state index is 0.141. The minimum Gasteiger partial charge on any atom is -0.331 e. The van der Waals surface area contributed by atoms with Gasteiger partial charge in [-0.2, -0.15) is 5.10 Å². The van der Waals surface area contributed by atoms with E-state index in [2.05, 4.69) is 24.0 Å². The number of fused-ring (bicyclic) bond motifs is 1. The Labute approximate surface area is 164 Å². The van der Waals surface area contributed by atoms with Crippen LogP contribution in [0.25, 0.3) is 11.3 Å². The van der Waals surface area contributed by atoms with Crippen molar-refractivity contribution in [1.82, 2.24) is 15.1 Å². The predicted octanol–water partition coefficient (Wildman–Crippen LogP) is 4.94. The molecular formula is C22H25F2N3O. The molecule has 2 atom stereocenters. The molecule has 1 amide bonds. The molecule has 1 aromatic carbocycles. The summed E-state index contributed by atoms with van der Waals surface area (Å²) in [5.74, 6) is -0.880. The molecule has 28 heavy (non-hydrogen) atoms. The number of carbonyl (C=O) groups is 1. The van der Waals surface area contributed by atoms with Crippen LogP contribution in [0.1, 0.15) is 69.5 Å². The Morgan fingerprint density at radius 3 is 2.57 bits per heavy atom. The largest absolute Gasteiger partial charge is 0.331 e. The van der Waals surface area contributed by atoms with Crippen LogP contribution in [0.4, 0.5) is 8.78 Å². The quantitative estimate of drug-likeness (QED) is 0.749. The summed E-state index contributed by atoms with van der Waals surface area (Å²) in [5.41, 5.74) is 1.39. The number of likely N-dealkylation sites (tertiary alicyclic amines) is 1. The number of carbonyl (C=O) groups excluding carboxylic acids is 1. The van der Waals surface area contributed by atoms with Crippen molar-refractivity contribution in [2.45, 2.75) is 63.8 Å². The van der Waals surface area contributed by atoms with Crippen molar-refractivity contribution in [3.05, 3.63) is 47.2 Å². The van der Waals surface area contributed by atoms with Crippen LogP contribution >= 0.6 is 0 Å². The highest BCUT2D eigenvalue weighted by atomic mass is 19.1. The molecule has 0 radical (unpaired) electrons. The molecule has 4 rings (SSSR count). The summed E-state index contributed by atoms with van der Waals surface area (Å²) >= 11 is 0. The summed E-state index contributed by atoms with van der Waals surface area (Å²) in [6.45, 7) is 4.92. The molecule has 6 heteroatoms. The van der Waals surface area contributed by atoms with E-state index in [1.165, 1.54) is 18.2 Å². The Bertz CT molecular complexity index is 896. The lowest BCUT2D eigenvalue weighted by atomic mass is 9.71. The van der Waals surface area contributed by atoms with E-state index in [0.717, 1.165) is 49.9 Å². The normalized spacial score (nSPS) is 24.5. The van der Waals surface area contributed by atoms with Crippen molar-refractivity contribution >= 4 is 5.91 Å². The fourth-order valence-corrected chi connectivity index (χ4v) is 4.95. The first-order valence-corrected chi connectivity index (χ1v) is 10.1. The fraction of sp³-hybridized carbons (Fsp3) is 0.500. The monoisotopic (exact) mass is 385 g/mol. The van der Waals surface area contributed by atoms with Gasteiger partial charge in [-0.05, 0) is 61.8 Å². The molecule has 1 aliphatic carbocycles. The molecular weight excluding hydrogens is 360 g/mol. The Hall–Kier alpha value is -2.37. The van der Waals surface area contributed by atoms with Gasteiger partial charge < -0.3 is 4.90 Å². The van der Waals surface area contributed by atoms with Crippen molar-refractivity contribution < 1.29 is 13.6 Å². The average molecular weight is 385 g/mol. The first-order valence-electron chi connectivity index (χ1n) is 10.1. The van der Waals surface area contributed by atoms with E-state index >= 15 is 0 Å². The summed E-state index contributed by atoms with van der Waals surface area (Å²) < 4.78 is 28.6. The second-order valence-corrected chi connectivity index (χ2v) is 7.81. The van der Waals surface area contributed by atoms with E-state index in [4.69, 9.17) is 0 Å². The SMILES string of the molecule is CC[C@H]1CC[C@](CC)(N2CCCC2=O)c2nnc(-c3c(F)cccc3F)cc21. The summed E-state index contributed by atoms with van der Waals surface area (Å²) in [4.78, 5) is 14.5. The summed E-state index contributed by atoms with van der Waals surface area (Å²) in [5, 5.41) is 8.73. The van der Waals surface area contributed by atoms with Gasteiger partial charge in [-0.25, -0.2) is 8.78 Å². The number of hydrogen-bond acceptors (Lipinski definition) is 3. The molecule has 1 aromatic heterocycles. The van der Waals surface area contributed by atoms with E-state index in [0.29, 0.717) is 6.42 Å². The van der Waals surface area contributed by atoms with Gasteiger partial charge in [0.2, 0.25) is 5.91 Å². The maximum atomic E-state index is 14.3. The lowest BCUT2D eigenvalue weighted by molar-refractivity contribution is -0.135. The Balaban J connectivity index is 1.88. The van der Waals surface area contributed by atoms with Crippen molar-refractivity contribution in [2.24, 2.45) is 0 Å². The second kappa shape index (κ2) is 7.22. The lowest BCUT2D eigenvalue weighted by Gasteiger charge is -2.46. The highest BCUT2D eigenvalue weighted by molar-refractivity contribution is 5.79. The Morgan fingerprint density at radius 2 is 1.96 bits per heavy atom. The third kappa shape index (κ3) is 2.81. The highest BCUT2D eigenvalue weighted by Crippen LogP contribution is 2.48. The van der Waals surface area contributed by atoms with E-state index in [-0.39, 0.29) is 23.1 Å². The van der Waals surface area contributed by atoms with Crippen molar-refractivity contribution in [1.29, 1.82) is 0 Å². The van der Waals surface area contributed by atoms with Gasteiger partial charge >= 0.3 is 0 Å². The third-order valence-corrected chi connectivity index (χ3v) is 6.50. The molecule has 4 nitrogen and oxygen atoms in total. The zero-order chi connectivity index (χ0) is 19.9. The van der Waals surface area contributed by atoms with Gasteiger partial charge in [0.25, 0.3) is 0 Å². The predicted molar refractivity (Wildman–Crippen MR) is 103 cm³/mol. The van der Waals surface area contributed by atoms with Crippen LogP contribution in [-0.4, -0.2) is 27.5 Å². The van der Waals surface area contributed by atoms with Gasteiger partial charge in [0.1, 0.15) is 11.6 Å². The topological polar surface area (TPSA) is 46.1 Å². The van der Waals surface area contributed by atoms with Crippen LogP contribution < -0.4 is 0 Å². The highest BCUT2D eigenvalue weighted by Gasteiger charge is 2.47. The maximum absolute atomic E-state index is 14.3. The summed E-state index contributed by atoms with van der Waals surface area (Å²) in [6, 6.07) is 5.60. The van der Waals surface area contributed by atoms with Crippen LogP contribution in [0.15, 0.2) is 24.3 Å². The standard InChI is InChI=1S/C22H25F2N3O/c1-3-14-10-11-22(4-2,27-12-6-9-19(27)28)21-15(14)13-18(25-26-21)20-16(23)7-5-8-17(20)24/h5,7-8,13-14H,3-4,6,9-12H2,1-2H3/t14-,22-/m0/s1. The van der Waals surface area contributed by atoms with Gasteiger partial charge in [0.05, 0.1) is 22.5 Å². The molecule has 0 N–H and O–H groups in total. The van der Waals surface area contributed by atoms with Gasteiger partial charge in [-0.1, -0.05) is 19.9 Å². The number of rotatable bonds is 4. The zero-order valence-corrected chi connectivity index (χ0v) is 16.3. The number of nitrogens with zero attached hydrogens (tertiary/aromatic N) is 3. The number of benzene rings is 1. The molecule has 1 fully saturated rings. The van der Waals surface area contributed by atoms with Crippen LogP contribution in [-0.2, 0) is 10.3 Å².